The summed E-state index contributed by atoms with van der Waals surface area (Å²) in [5.41, 5.74) is 0. The van der Waals surface area contributed by atoms with Crippen LogP contribution < -0.4 is 5.32 Å². The molecule has 0 radical (unpaired) electrons. The number of piperazine rings is 1. The fourth-order valence-corrected chi connectivity index (χ4v) is 4.27. The van der Waals surface area contributed by atoms with Crippen LogP contribution in [0.4, 0.5) is 0 Å². The molecule has 1 N–H and O–H groups in total. The van der Waals surface area contributed by atoms with E-state index in [-0.39, 0.29) is 5.91 Å². The molecule has 2 heterocycles. The van der Waals surface area contributed by atoms with Crippen LogP contribution in [0, 0.1) is 11.8 Å². The molecule has 150 valence electrons. The molecule has 0 spiro atoms. The zero-order valence-electron chi connectivity index (χ0n) is 17.3. The van der Waals surface area contributed by atoms with Crippen molar-refractivity contribution in [3.8, 4) is 0 Å². The Hall–Kier alpha value is -1.30. The van der Waals surface area contributed by atoms with Gasteiger partial charge >= 0.3 is 0 Å². The topological polar surface area (TPSA) is 51.2 Å². The van der Waals surface area contributed by atoms with Crippen LogP contribution in [0.3, 0.4) is 0 Å². The van der Waals surface area contributed by atoms with Crippen LogP contribution in [-0.4, -0.2) is 85.5 Å². The third-order valence-corrected chi connectivity index (χ3v) is 5.45. The van der Waals surface area contributed by atoms with Crippen molar-refractivity contribution in [3.63, 3.8) is 0 Å². The number of guanidine groups is 1. The summed E-state index contributed by atoms with van der Waals surface area (Å²) in [6.45, 7) is 17.3. The average molecular weight is 366 g/mol. The highest BCUT2D eigenvalue weighted by molar-refractivity contribution is 5.80. The number of piperidine rings is 1. The van der Waals surface area contributed by atoms with Gasteiger partial charge in [0.05, 0.1) is 0 Å². The van der Waals surface area contributed by atoms with Crippen LogP contribution in [0.25, 0.3) is 0 Å². The standard InChI is InChI=1S/C20H39N5O/c1-5-21-20(25-12-10-24(11-13-25)19(4)26)22-8-6-7-9-23-15-17(2)14-18(3)16-23/h17-18H,5-16H2,1-4H3,(H,21,22). The fourth-order valence-electron chi connectivity index (χ4n) is 4.27. The van der Waals surface area contributed by atoms with Crippen LogP contribution in [0.1, 0.15) is 47.0 Å². The number of carbonyl (C=O) groups is 1. The fraction of sp³-hybridized carbons (Fsp3) is 0.900. The number of carbonyl (C=O) groups excluding carboxylic acids is 1. The summed E-state index contributed by atoms with van der Waals surface area (Å²) in [5.74, 6) is 2.86. The van der Waals surface area contributed by atoms with E-state index in [1.807, 2.05) is 4.90 Å². The quantitative estimate of drug-likeness (QED) is 0.444. The molecule has 0 aliphatic carbocycles. The second kappa shape index (κ2) is 10.8. The van der Waals surface area contributed by atoms with E-state index >= 15 is 0 Å². The molecule has 0 aromatic rings. The molecule has 26 heavy (non-hydrogen) atoms. The monoisotopic (exact) mass is 365 g/mol. The van der Waals surface area contributed by atoms with Gasteiger partial charge in [0.25, 0.3) is 0 Å². The molecule has 6 nitrogen and oxygen atoms in total. The summed E-state index contributed by atoms with van der Waals surface area (Å²) < 4.78 is 0. The second-order valence-electron chi connectivity index (χ2n) is 8.14. The Morgan fingerprint density at radius 2 is 1.65 bits per heavy atom. The Bertz CT molecular complexity index is 449. The van der Waals surface area contributed by atoms with E-state index in [0.717, 1.165) is 63.5 Å². The van der Waals surface area contributed by atoms with Crippen molar-refractivity contribution in [1.29, 1.82) is 0 Å². The van der Waals surface area contributed by atoms with Crippen LogP contribution in [0.5, 0.6) is 0 Å². The number of likely N-dealkylation sites (tertiary alicyclic amines) is 1. The number of hydrogen-bond acceptors (Lipinski definition) is 3. The number of rotatable bonds is 6. The second-order valence-corrected chi connectivity index (χ2v) is 8.14. The lowest BCUT2D eigenvalue weighted by molar-refractivity contribution is -0.130. The Morgan fingerprint density at radius 1 is 1.04 bits per heavy atom. The highest BCUT2D eigenvalue weighted by Crippen LogP contribution is 2.21. The van der Waals surface area contributed by atoms with E-state index in [4.69, 9.17) is 4.99 Å². The third-order valence-electron chi connectivity index (χ3n) is 5.45. The number of nitrogens with zero attached hydrogens (tertiary/aromatic N) is 4. The van der Waals surface area contributed by atoms with Gasteiger partial charge in [-0.2, -0.15) is 0 Å². The van der Waals surface area contributed by atoms with Crippen molar-refractivity contribution in [2.45, 2.75) is 47.0 Å². The summed E-state index contributed by atoms with van der Waals surface area (Å²) in [5, 5.41) is 3.41. The van der Waals surface area contributed by atoms with Gasteiger partial charge < -0.3 is 20.0 Å². The smallest absolute Gasteiger partial charge is 0.219 e. The van der Waals surface area contributed by atoms with Gasteiger partial charge in [-0.15, -0.1) is 0 Å². The number of amides is 1. The zero-order valence-corrected chi connectivity index (χ0v) is 17.3. The average Bonchev–Trinajstić information content (AvgIpc) is 2.60. The van der Waals surface area contributed by atoms with Crippen molar-refractivity contribution < 1.29 is 4.79 Å². The molecule has 6 heteroatoms. The summed E-state index contributed by atoms with van der Waals surface area (Å²) in [4.78, 5) is 23.1. The first-order chi connectivity index (χ1) is 12.5. The predicted molar refractivity (Wildman–Crippen MR) is 108 cm³/mol. The lowest BCUT2D eigenvalue weighted by Gasteiger charge is -2.36. The Balaban J connectivity index is 1.71. The largest absolute Gasteiger partial charge is 0.357 e. The summed E-state index contributed by atoms with van der Waals surface area (Å²) in [6.07, 6.45) is 3.74. The molecule has 2 unspecified atom stereocenters. The number of nitrogens with one attached hydrogen (secondary N) is 1. The normalized spacial score (nSPS) is 25.5. The molecule has 2 saturated heterocycles. The predicted octanol–water partition coefficient (Wildman–Crippen LogP) is 1.87. The SMILES string of the molecule is CCNC(=NCCCCN1CC(C)CC(C)C1)N1CCN(C(C)=O)CC1. The van der Waals surface area contributed by atoms with Crippen molar-refractivity contribution in [3.05, 3.63) is 0 Å². The van der Waals surface area contributed by atoms with Crippen LogP contribution >= 0.6 is 0 Å². The van der Waals surface area contributed by atoms with Gasteiger partial charge in [-0.25, -0.2) is 0 Å². The lowest BCUT2D eigenvalue weighted by atomic mass is 9.92. The molecule has 2 rings (SSSR count). The summed E-state index contributed by atoms with van der Waals surface area (Å²) >= 11 is 0. The molecule has 0 aromatic carbocycles. The lowest BCUT2D eigenvalue weighted by Crippen LogP contribution is -2.53. The Labute approximate surface area is 160 Å². The van der Waals surface area contributed by atoms with Gasteiger partial charge in [0.2, 0.25) is 5.91 Å². The van der Waals surface area contributed by atoms with Crippen LogP contribution in [-0.2, 0) is 4.79 Å². The van der Waals surface area contributed by atoms with E-state index in [2.05, 4.69) is 35.9 Å². The first kappa shape index (κ1) is 21.0. The number of unbranched alkanes of at least 4 members (excludes halogenated alkanes) is 1. The highest BCUT2D eigenvalue weighted by atomic mass is 16.2. The molecule has 0 aromatic heterocycles. The molecule has 2 aliphatic heterocycles. The molecule has 2 aliphatic rings. The van der Waals surface area contributed by atoms with Gasteiger partial charge in [-0.3, -0.25) is 9.79 Å². The first-order valence-corrected chi connectivity index (χ1v) is 10.5. The molecule has 2 atom stereocenters. The van der Waals surface area contributed by atoms with E-state index in [0.29, 0.717) is 0 Å². The Kier molecular flexibility index (Phi) is 8.69. The maximum Gasteiger partial charge on any atom is 0.219 e. The van der Waals surface area contributed by atoms with E-state index < -0.39 is 0 Å². The summed E-state index contributed by atoms with van der Waals surface area (Å²) in [7, 11) is 0. The van der Waals surface area contributed by atoms with Crippen molar-refractivity contribution in [1.82, 2.24) is 20.0 Å². The highest BCUT2D eigenvalue weighted by Gasteiger charge is 2.22. The first-order valence-electron chi connectivity index (χ1n) is 10.5. The van der Waals surface area contributed by atoms with E-state index in [1.54, 1.807) is 6.92 Å². The van der Waals surface area contributed by atoms with E-state index in [9.17, 15) is 4.79 Å². The molecule has 0 bridgehead atoms. The minimum absolute atomic E-state index is 0.174. The van der Waals surface area contributed by atoms with Crippen LogP contribution in [0.2, 0.25) is 0 Å². The molecule has 1 amide bonds. The number of hydrogen-bond donors (Lipinski definition) is 1. The Morgan fingerprint density at radius 3 is 2.23 bits per heavy atom. The zero-order chi connectivity index (χ0) is 18.9. The van der Waals surface area contributed by atoms with Gasteiger partial charge in [0.15, 0.2) is 5.96 Å². The van der Waals surface area contributed by atoms with Crippen LogP contribution in [0.15, 0.2) is 4.99 Å². The molecular weight excluding hydrogens is 326 g/mol. The third kappa shape index (κ3) is 6.78. The molecule has 0 saturated carbocycles. The minimum atomic E-state index is 0.174. The summed E-state index contributed by atoms with van der Waals surface area (Å²) in [6, 6.07) is 0. The van der Waals surface area contributed by atoms with Crippen molar-refractivity contribution in [2.24, 2.45) is 16.8 Å². The van der Waals surface area contributed by atoms with Gasteiger partial charge in [0.1, 0.15) is 0 Å². The van der Waals surface area contributed by atoms with Gasteiger partial charge in [0, 0.05) is 59.3 Å². The molecular formula is C20H39N5O. The number of aliphatic imine (C=N–C) groups is 1. The van der Waals surface area contributed by atoms with Gasteiger partial charge in [-0.05, 0) is 44.6 Å². The molecule has 2 fully saturated rings. The van der Waals surface area contributed by atoms with E-state index in [1.165, 1.54) is 32.5 Å². The maximum atomic E-state index is 11.5. The van der Waals surface area contributed by atoms with Gasteiger partial charge in [-0.1, -0.05) is 13.8 Å². The van der Waals surface area contributed by atoms with Crippen molar-refractivity contribution in [2.75, 3.05) is 58.9 Å². The van der Waals surface area contributed by atoms with Crippen molar-refractivity contribution >= 4 is 11.9 Å². The minimum Gasteiger partial charge on any atom is -0.357 e. The maximum absolute atomic E-state index is 11.5.